The van der Waals surface area contributed by atoms with Gasteiger partial charge in [-0.25, -0.2) is 9.55 Å². The summed E-state index contributed by atoms with van der Waals surface area (Å²) in [6.07, 6.45) is 4.28. The first-order valence-corrected chi connectivity index (χ1v) is 17.4. The van der Waals surface area contributed by atoms with E-state index in [1.54, 1.807) is 67.0 Å². The molecule has 5 aromatic rings. The second-order valence-corrected chi connectivity index (χ2v) is 13.1. The number of phosphoric acid groups is 1. The summed E-state index contributed by atoms with van der Waals surface area (Å²) in [6.45, 7) is 5.24. The molecule has 0 aliphatic carbocycles. The molecule has 0 saturated carbocycles. The Morgan fingerprint density at radius 3 is 2.19 bits per heavy atom. The van der Waals surface area contributed by atoms with Gasteiger partial charge in [-0.3, -0.25) is 14.3 Å². The van der Waals surface area contributed by atoms with E-state index in [1.807, 2.05) is 68.4 Å². The fourth-order valence-corrected chi connectivity index (χ4v) is 6.87. The maximum atomic E-state index is 13.9. The average molecular weight is 664 g/mol. The van der Waals surface area contributed by atoms with Crippen LogP contribution in [0, 0.1) is 6.92 Å². The molecule has 2 heterocycles. The minimum absolute atomic E-state index is 0.104. The van der Waals surface area contributed by atoms with E-state index in [1.165, 1.54) is 0 Å². The third-order valence-electron chi connectivity index (χ3n) is 7.88. The first kappa shape index (κ1) is 32.7. The summed E-state index contributed by atoms with van der Waals surface area (Å²) in [7, 11) is -3.99. The van der Waals surface area contributed by atoms with Crippen LogP contribution in [0.5, 0.6) is 11.5 Å². The molecule has 0 radical (unpaired) electrons. The van der Waals surface area contributed by atoms with Crippen molar-refractivity contribution in [1.29, 1.82) is 0 Å². The third kappa shape index (κ3) is 8.79. The van der Waals surface area contributed by atoms with Crippen LogP contribution in [0.25, 0.3) is 0 Å². The quantitative estimate of drug-likeness (QED) is 0.127. The van der Waals surface area contributed by atoms with Crippen molar-refractivity contribution in [1.82, 2.24) is 9.97 Å². The number of nitrogens with one attached hydrogen (secondary N) is 2. The van der Waals surface area contributed by atoms with Crippen molar-refractivity contribution in [2.24, 2.45) is 0 Å². The molecule has 1 fully saturated rings. The summed E-state index contributed by atoms with van der Waals surface area (Å²) < 4.78 is 31.5. The number of hydrogen-bond acceptors (Lipinski definition) is 9. The zero-order valence-electron chi connectivity index (χ0n) is 26.9. The van der Waals surface area contributed by atoms with Crippen LogP contribution in [-0.2, 0) is 9.09 Å². The highest BCUT2D eigenvalue weighted by Crippen LogP contribution is 2.51. The number of nitrogens with zero attached hydrogens (tertiary/aromatic N) is 3. The molecule has 2 N–H and O–H groups in total. The van der Waals surface area contributed by atoms with Gasteiger partial charge in [-0.2, -0.15) is 0 Å². The Morgan fingerprint density at radius 1 is 0.854 bits per heavy atom. The Bertz CT molecular complexity index is 1820. The number of aromatic nitrogens is 2. The number of benzene rings is 4. The van der Waals surface area contributed by atoms with E-state index in [4.69, 9.17) is 18.6 Å². The van der Waals surface area contributed by atoms with Crippen molar-refractivity contribution in [2.75, 3.05) is 28.6 Å². The van der Waals surface area contributed by atoms with Gasteiger partial charge in [-0.1, -0.05) is 66.2 Å². The number of carbonyl (C=O) groups excluding carboxylic acids is 1. The molecule has 0 unspecified atom stereocenters. The minimum atomic E-state index is -3.99. The molecule has 1 atom stereocenters. The summed E-state index contributed by atoms with van der Waals surface area (Å²) in [5.74, 6) is 2.02. The van der Waals surface area contributed by atoms with E-state index in [-0.39, 0.29) is 18.1 Å². The first-order valence-electron chi connectivity index (χ1n) is 15.9. The first-order chi connectivity index (χ1) is 23.3. The van der Waals surface area contributed by atoms with Gasteiger partial charge in [0.25, 0.3) is 5.91 Å². The highest BCUT2D eigenvalue weighted by Gasteiger charge is 2.36. The summed E-state index contributed by atoms with van der Waals surface area (Å²) in [5, 5.41) is 6.43. The largest absolute Gasteiger partial charge is 0.587 e. The fraction of sp³-hybridized carbons (Fsp3) is 0.216. The molecule has 1 amide bonds. The standard InChI is InChI=1S/C37H38N5O5P/c1-27-11-9-13-30(23-27)37(43)40-31-14-10-12-29(24-31)28(2)39-35-25-38-26-36(41-35)42-21-19-34(20-22-42)47-48(44,45-32-15-5-3-6-16-32)46-33-17-7-4-8-18-33/h3-18,23-26,28,34H,19-22H2,1-2H3,(H,39,41)(H,40,43)/t28-/m0/s1. The number of carbonyl (C=O) groups is 1. The van der Waals surface area contributed by atoms with Gasteiger partial charge in [0.05, 0.1) is 24.5 Å². The van der Waals surface area contributed by atoms with Crippen molar-refractivity contribution >= 4 is 31.1 Å². The molecule has 1 aliphatic heterocycles. The van der Waals surface area contributed by atoms with Crippen LogP contribution in [0.1, 0.15) is 47.3 Å². The lowest BCUT2D eigenvalue weighted by Crippen LogP contribution is -2.37. The molecule has 1 saturated heterocycles. The normalized spacial score (nSPS) is 14.2. The van der Waals surface area contributed by atoms with Crippen molar-refractivity contribution in [3.8, 4) is 11.5 Å². The number of anilines is 3. The SMILES string of the molecule is Cc1cccc(C(=O)Nc2cccc([C@H](C)Nc3cncc(N4CCC(OP(=O)(Oc5ccccc5)Oc5ccccc5)CC4)n3)c2)c1. The number of amides is 1. The summed E-state index contributed by atoms with van der Waals surface area (Å²) in [4.78, 5) is 24.2. The molecule has 1 aromatic heterocycles. The van der Waals surface area contributed by atoms with Crippen molar-refractivity contribution < 1.29 is 22.9 Å². The lowest BCUT2D eigenvalue weighted by Gasteiger charge is -2.33. The van der Waals surface area contributed by atoms with E-state index in [2.05, 4.69) is 20.5 Å². The van der Waals surface area contributed by atoms with E-state index >= 15 is 0 Å². The Kier molecular flexibility index (Phi) is 10.3. The molecule has 1 aliphatic rings. The van der Waals surface area contributed by atoms with Crippen LogP contribution in [0.3, 0.4) is 0 Å². The maximum Gasteiger partial charge on any atom is 0.587 e. The lowest BCUT2D eigenvalue weighted by molar-refractivity contribution is 0.102. The van der Waals surface area contributed by atoms with Gasteiger partial charge < -0.3 is 24.6 Å². The lowest BCUT2D eigenvalue weighted by atomic mass is 10.1. The average Bonchev–Trinajstić information content (AvgIpc) is 3.09. The van der Waals surface area contributed by atoms with Crippen LogP contribution in [0.15, 0.2) is 122 Å². The molecule has 11 heteroatoms. The number of aryl methyl sites for hydroxylation is 1. The second kappa shape index (κ2) is 15.2. The number of para-hydroxylation sites is 2. The highest BCUT2D eigenvalue weighted by molar-refractivity contribution is 7.49. The van der Waals surface area contributed by atoms with Gasteiger partial charge in [0.15, 0.2) is 0 Å². The predicted molar refractivity (Wildman–Crippen MR) is 188 cm³/mol. The van der Waals surface area contributed by atoms with Crippen LogP contribution in [0.4, 0.5) is 17.3 Å². The predicted octanol–water partition coefficient (Wildman–Crippen LogP) is 8.46. The number of piperidine rings is 1. The molecule has 246 valence electrons. The van der Waals surface area contributed by atoms with Gasteiger partial charge in [-0.15, -0.1) is 0 Å². The number of phosphoric ester groups is 1. The molecular weight excluding hydrogens is 625 g/mol. The van der Waals surface area contributed by atoms with E-state index in [0.717, 1.165) is 16.9 Å². The van der Waals surface area contributed by atoms with Gasteiger partial charge >= 0.3 is 7.82 Å². The van der Waals surface area contributed by atoms with Crippen LogP contribution >= 0.6 is 7.82 Å². The van der Waals surface area contributed by atoms with Crippen LogP contribution < -0.4 is 24.6 Å². The van der Waals surface area contributed by atoms with E-state index < -0.39 is 7.82 Å². The van der Waals surface area contributed by atoms with Gasteiger partial charge in [0.1, 0.15) is 23.1 Å². The van der Waals surface area contributed by atoms with Gasteiger partial charge in [-0.05, 0) is 80.8 Å². The zero-order chi connectivity index (χ0) is 33.3. The molecule has 0 bridgehead atoms. The monoisotopic (exact) mass is 663 g/mol. The Hall–Kier alpha value is -5.18. The molecule has 6 rings (SSSR count). The number of hydrogen-bond donors (Lipinski definition) is 2. The van der Waals surface area contributed by atoms with Crippen LogP contribution in [-0.4, -0.2) is 35.1 Å². The van der Waals surface area contributed by atoms with Crippen molar-refractivity contribution in [3.05, 3.63) is 138 Å². The Morgan fingerprint density at radius 2 is 1.52 bits per heavy atom. The molecule has 48 heavy (non-hydrogen) atoms. The highest BCUT2D eigenvalue weighted by atomic mass is 31.2. The third-order valence-corrected chi connectivity index (χ3v) is 9.30. The van der Waals surface area contributed by atoms with E-state index in [9.17, 15) is 9.36 Å². The molecule has 10 nitrogen and oxygen atoms in total. The molecular formula is C37H38N5O5P. The van der Waals surface area contributed by atoms with E-state index in [0.29, 0.717) is 54.5 Å². The fourth-order valence-electron chi connectivity index (χ4n) is 5.41. The number of rotatable bonds is 12. The Balaban J connectivity index is 1.06. The van der Waals surface area contributed by atoms with Crippen molar-refractivity contribution in [3.63, 3.8) is 0 Å². The minimum Gasteiger partial charge on any atom is -0.395 e. The second-order valence-electron chi connectivity index (χ2n) is 11.6. The van der Waals surface area contributed by atoms with Gasteiger partial charge in [0.2, 0.25) is 0 Å². The molecule has 4 aromatic carbocycles. The summed E-state index contributed by atoms with van der Waals surface area (Å²) in [6, 6.07) is 32.9. The smallest absolute Gasteiger partial charge is 0.395 e. The topological polar surface area (TPSA) is 115 Å². The maximum absolute atomic E-state index is 13.9. The van der Waals surface area contributed by atoms with Crippen molar-refractivity contribution in [2.45, 2.75) is 38.8 Å². The summed E-state index contributed by atoms with van der Waals surface area (Å²) >= 11 is 0. The Labute approximate surface area is 280 Å². The summed E-state index contributed by atoms with van der Waals surface area (Å²) in [5.41, 5.74) is 3.35. The van der Waals surface area contributed by atoms with Gasteiger partial charge in [0, 0.05) is 24.3 Å². The molecule has 0 spiro atoms. The zero-order valence-corrected chi connectivity index (χ0v) is 27.8. The van der Waals surface area contributed by atoms with Crippen LogP contribution in [0.2, 0.25) is 0 Å².